The molecule has 2 amide bonds. The topological polar surface area (TPSA) is 64.6 Å². The van der Waals surface area contributed by atoms with E-state index in [2.05, 4.69) is 36.1 Å². The van der Waals surface area contributed by atoms with Crippen LogP contribution in [0, 0.1) is 6.92 Å². The van der Waals surface area contributed by atoms with Gasteiger partial charge in [0, 0.05) is 56.5 Å². The van der Waals surface area contributed by atoms with Gasteiger partial charge in [0.05, 0.1) is 0 Å². The average Bonchev–Trinajstić information content (AvgIpc) is 2.63. The van der Waals surface area contributed by atoms with Crippen molar-refractivity contribution in [2.24, 2.45) is 0 Å². The fourth-order valence-electron chi connectivity index (χ4n) is 2.80. The van der Waals surface area contributed by atoms with Gasteiger partial charge in [0.25, 0.3) is 0 Å². The fraction of sp³-hybridized carbons (Fsp3) is 0.389. The van der Waals surface area contributed by atoms with Gasteiger partial charge in [-0.3, -0.25) is 0 Å². The molecule has 1 saturated heterocycles. The van der Waals surface area contributed by atoms with Gasteiger partial charge in [-0.25, -0.2) is 14.8 Å². The highest BCUT2D eigenvalue weighted by Crippen LogP contribution is 2.20. The summed E-state index contributed by atoms with van der Waals surface area (Å²) in [5.74, 6) is 2.55. The van der Waals surface area contributed by atoms with Crippen LogP contribution in [0.2, 0.25) is 0 Å². The molecule has 2 aromatic rings. The standard InChI is InChI=1S/C18H23BrN6O/c1-13-20-16(23(2)3)12-17(21-13)24-8-10-25(11-9-24)18(26)22-15-6-4-14(19)5-7-15/h4-7,12H,8-11H2,1-3H3,(H,22,26). The number of anilines is 3. The lowest BCUT2D eigenvalue weighted by atomic mass is 10.3. The van der Waals surface area contributed by atoms with Gasteiger partial charge in [-0.2, -0.15) is 0 Å². The molecule has 0 spiro atoms. The number of aryl methyl sites for hydroxylation is 1. The number of amides is 2. The number of hydrogen-bond acceptors (Lipinski definition) is 5. The number of piperazine rings is 1. The van der Waals surface area contributed by atoms with E-state index in [4.69, 9.17) is 0 Å². The zero-order valence-electron chi connectivity index (χ0n) is 15.2. The van der Waals surface area contributed by atoms with Crippen molar-refractivity contribution in [1.29, 1.82) is 0 Å². The maximum atomic E-state index is 12.4. The average molecular weight is 419 g/mol. The second-order valence-electron chi connectivity index (χ2n) is 6.44. The molecular formula is C18H23BrN6O. The van der Waals surface area contributed by atoms with Gasteiger partial charge in [0.2, 0.25) is 0 Å². The fourth-order valence-corrected chi connectivity index (χ4v) is 3.07. The second-order valence-corrected chi connectivity index (χ2v) is 7.35. The molecule has 0 saturated carbocycles. The van der Waals surface area contributed by atoms with E-state index in [9.17, 15) is 4.79 Å². The van der Waals surface area contributed by atoms with E-state index in [1.165, 1.54) is 0 Å². The Bertz CT molecular complexity index is 772. The molecule has 1 aromatic carbocycles. The van der Waals surface area contributed by atoms with Gasteiger partial charge in [0.15, 0.2) is 0 Å². The number of hydrogen-bond donors (Lipinski definition) is 1. The number of rotatable bonds is 3. The molecule has 138 valence electrons. The Morgan fingerprint density at radius 3 is 2.38 bits per heavy atom. The largest absolute Gasteiger partial charge is 0.363 e. The van der Waals surface area contributed by atoms with Gasteiger partial charge < -0.3 is 20.0 Å². The summed E-state index contributed by atoms with van der Waals surface area (Å²) in [5.41, 5.74) is 0.794. The summed E-state index contributed by atoms with van der Waals surface area (Å²) in [6.07, 6.45) is 0. The molecule has 1 N–H and O–H groups in total. The molecule has 3 rings (SSSR count). The Balaban J connectivity index is 1.60. The third kappa shape index (κ3) is 4.43. The first-order chi connectivity index (χ1) is 12.4. The van der Waals surface area contributed by atoms with Crippen LogP contribution < -0.4 is 15.1 Å². The van der Waals surface area contributed by atoms with Crippen LogP contribution in [-0.4, -0.2) is 61.2 Å². The molecule has 26 heavy (non-hydrogen) atoms. The van der Waals surface area contributed by atoms with Crippen LogP contribution in [-0.2, 0) is 0 Å². The lowest BCUT2D eigenvalue weighted by Gasteiger charge is -2.35. The summed E-state index contributed by atoms with van der Waals surface area (Å²) in [6.45, 7) is 4.71. The summed E-state index contributed by atoms with van der Waals surface area (Å²) >= 11 is 3.39. The number of nitrogens with zero attached hydrogens (tertiary/aromatic N) is 5. The molecule has 1 aliphatic heterocycles. The Morgan fingerprint density at radius 2 is 1.77 bits per heavy atom. The van der Waals surface area contributed by atoms with Crippen LogP contribution in [0.1, 0.15) is 5.82 Å². The summed E-state index contributed by atoms with van der Waals surface area (Å²) in [5, 5.41) is 2.94. The van der Waals surface area contributed by atoms with E-state index in [1.807, 2.05) is 61.2 Å². The number of halogens is 1. The monoisotopic (exact) mass is 418 g/mol. The zero-order valence-corrected chi connectivity index (χ0v) is 16.8. The first kappa shape index (κ1) is 18.4. The van der Waals surface area contributed by atoms with Crippen molar-refractivity contribution >= 4 is 39.3 Å². The van der Waals surface area contributed by atoms with Crippen molar-refractivity contribution < 1.29 is 4.79 Å². The van der Waals surface area contributed by atoms with Crippen LogP contribution in [0.5, 0.6) is 0 Å². The van der Waals surface area contributed by atoms with Crippen molar-refractivity contribution in [1.82, 2.24) is 14.9 Å². The van der Waals surface area contributed by atoms with E-state index < -0.39 is 0 Å². The van der Waals surface area contributed by atoms with Crippen molar-refractivity contribution in [3.63, 3.8) is 0 Å². The predicted molar refractivity (Wildman–Crippen MR) is 108 cm³/mol. The van der Waals surface area contributed by atoms with Crippen LogP contribution in [0.25, 0.3) is 0 Å². The van der Waals surface area contributed by atoms with Gasteiger partial charge in [0.1, 0.15) is 17.5 Å². The number of nitrogens with one attached hydrogen (secondary N) is 1. The lowest BCUT2D eigenvalue weighted by molar-refractivity contribution is 0.208. The van der Waals surface area contributed by atoms with E-state index in [1.54, 1.807) is 0 Å². The number of benzene rings is 1. The highest BCUT2D eigenvalue weighted by atomic mass is 79.9. The minimum Gasteiger partial charge on any atom is -0.363 e. The van der Waals surface area contributed by atoms with Gasteiger partial charge in [-0.15, -0.1) is 0 Å². The summed E-state index contributed by atoms with van der Waals surface area (Å²) < 4.78 is 0.987. The zero-order chi connectivity index (χ0) is 18.7. The lowest BCUT2D eigenvalue weighted by Crippen LogP contribution is -2.50. The number of carbonyl (C=O) groups excluding carboxylic acids is 1. The molecule has 8 heteroatoms. The molecule has 0 bridgehead atoms. The molecule has 1 aromatic heterocycles. The molecule has 0 aliphatic carbocycles. The maximum Gasteiger partial charge on any atom is 0.321 e. The quantitative estimate of drug-likeness (QED) is 0.829. The van der Waals surface area contributed by atoms with E-state index in [0.29, 0.717) is 13.1 Å². The molecule has 0 unspecified atom stereocenters. The number of carbonyl (C=O) groups is 1. The molecule has 0 atom stereocenters. The van der Waals surface area contributed by atoms with Crippen LogP contribution in [0.3, 0.4) is 0 Å². The maximum absolute atomic E-state index is 12.4. The van der Waals surface area contributed by atoms with Crippen LogP contribution in [0.15, 0.2) is 34.8 Å². The summed E-state index contributed by atoms with van der Waals surface area (Å²) in [4.78, 5) is 27.4. The molecule has 1 aliphatic rings. The van der Waals surface area contributed by atoms with Crippen LogP contribution >= 0.6 is 15.9 Å². The molecule has 2 heterocycles. The normalized spacial score (nSPS) is 14.3. The highest BCUT2D eigenvalue weighted by molar-refractivity contribution is 9.10. The second kappa shape index (κ2) is 7.90. The summed E-state index contributed by atoms with van der Waals surface area (Å²) in [6, 6.07) is 9.50. The smallest absolute Gasteiger partial charge is 0.321 e. The van der Waals surface area contributed by atoms with E-state index in [0.717, 1.165) is 40.7 Å². The Morgan fingerprint density at radius 1 is 1.12 bits per heavy atom. The van der Waals surface area contributed by atoms with E-state index in [-0.39, 0.29) is 6.03 Å². The van der Waals surface area contributed by atoms with Crippen LogP contribution in [0.4, 0.5) is 22.1 Å². The molecule has 0 radical (unpaired) electrons. The van der Waals surface area contributed by atoms with Crippen molar-refractivity contribution in [3.8, 4) is 0 Å². The SMILES string of the molecule is Cc1nc(N(C)C)cc(N2CCN(C(=O)Nc3ccc(Br)cc3)CC2)n1. The van der Waals surface area contributed by atoms with Crippen molar-refractivity contribution in [2.75, 3.05) is 55.4 Å². The first-order valence-corrected chi connectivity index (χ1v) is 9.31. The van der Waals surface area contributed by atoms with Gasteiger partial charge in [-0.1, -0.05) is 15.9 Å². The van der Waals surface area contributed by atoms with Crippen molar-refractivity contribution in [2.45, 2.75) is 6.92 Å². The molecule has 7 nitrogen and oxygen atoms in total. The van der Waals surface area contributed by atoms with Gasteiger partial charge >= 0.3 is 6.03 Å². The van der Waals surface area contributed by atoms with Crippen molar-refractivity contribution in [3.05, 3.63) is 40.6 Å². The minimum absolute atomic E-state index is 0.0696. The number of urea groups is 1. The third-order valence-corrected chi connectivity index (χ3v) is 4.78. The number of aromatic nitrogens is 2. The van der Waals surface area contributed by atoms with E-state index >= 15 is 0 Å². The molecule has 1 fully saturated rings. The third-order valence-electron chi connectivity index (χ3n) is 4.26. The predicted octanol–water partition coefficient (Wildman–Crippen LogP) is 2.97. The Hall–Kier alpha value is -2.35. The highest BCUT2D eigenvalue weighted by Gasteiger charge is 2.22. The Labute approximate surface area is 162 Å². The Kier molecular flexibility index (Phi) is 5.61. The summed E-state index contributed by atoms with van der Waals surface area (Å²) in [7, 11) is 3.94. The minimum atomic E-state index is -0.0696. The first-order valence-electron chi connectivity index (χ1n) is 8.52. The van der Waals surface area contributed by atoms with Gasteiger partial charge in [-0.05, 0) is 31.2 Å². The molecular weight excluding hydrogens is 396 g/mol.